The van der Waals surface area contributed by atoms with Gasteiger partial charge in [0.1, 0.15) is 22.5 Å². The molecule has 0 aliphatic carbocycles. The topological polar surface area (TPSA) is 99.9 Å². The van der Waals surface area contributed by atoms with Gasteiger partial charge in [-0.15, -0.1) is 11.2 Å². The number of unbranched alkanes of at least 4 members (excludes halogenated alkanes) is 6. The number of aromatic amines is 1. The van der Waals surface area contributed by atoms with Crippen LogP contribution in [0.25, 0.3) is 66.4 Å². The number of hydrogen-bond acceptors (Lipinski definition) is 6. The van der Waals surface area contributed by atoms with Gasteiger partial charge in [0.25, 0.3) is 0 Å². The zero-order valence-corrected chi connectivity index (χ0v) is 36.6. The molecule has 1 N–H and O–H groups in total. The van der Waals surface area contributed by atoms with Crippen LogP contribution in [0.4, 0.5) is 0 Å². The number of para-hydroxylation sites is 2. The zero-order chi connectivity index (χ0) is 41.5. The van der Waals surface area contributed by atoms with E-state index in [1.54, 1.807) is 12.4 Å². The van der Waals surface area contributed by atoms with Crippen LogP contribution in [0, 0.1) is 13.8 Å². The Bertz CT molecular complexity index is 2480. The number of fused-ring (bicyclic) bond motifs is 5. The summed E-state index contributed by atoms with van der Waals surface area (Å²) >= 11 is 0. The molecule has 61 heavy (non-hydrogen) atoms. The number of ether oxygens (including phenoxy) is 2. The van der Waals surface area contributed by atoms with Gasteiger partial charge in [0.15, 0.2) is 0 Å². The molecule has 6 heterocycles. The van der Waals surface area contributed by atoms with Crippen molar-refractivity contribution in [2.75, 3.05) is 13.2 Å². The van der Waals surface area contributed by atoms with Gasteiger partial charge in [0, 0.05) is 63.3 Å². The van der Waals surface area contributed by atoms with E-state index >= 15 is 0 Å². The summed E-state index contributed by atoms with van der Waals surface area (Å²) in [5, 5.41) is 4.43. The molecule has 9 rings (SSSR count). The minimum atomic E-state index is 0. The summed E-state index contributed by atoms with van der Waals surface area (Å²) in [4.78, 5) is 26.1. The summed E-state index contributed by atoms with van der Waals surface area (Å²) in [7, 11) is 0. The molecule has 0 radical (unpaired) electrons. The normalized spacial score (nSPS) is 10.8. The summed E-state index contributed by atoms with van der Waals surface area (Å²) in [5.74, 6) is 1.81. The van der Waals surface area contributed by atoms with Gasteiger partial charge in [-0.3, -0.25) is 19.9 Å². The predicted molar refractivity (Wildman–Crippen MR) is 248 cm³/mol. The number of benzene rings is 3. The molecule has 0 atom stereocenters. The van der Waals surface area contributed by atoms with Crippen LogP contribution >= 0.6 is 0 Å². The third kappa shape index (κ3) is 11.8. The van der Waals surface area contributed by atoms with E-state index in [0.29, 0.717) is 0 Å². The van der Waals surface area contributed by atoms with Crippen LogP contribution in [0.15, 0.2) is 134 Å². The molecule has 8 nitrogen and oxygen atoms in total. The van der Waals surface area contributed by atoms with Gasteiger partial charge >= 0.3 is 17.1 Å². The van der Waals surface area contributed by atoms with Gasteiger partial charge < -0.3 is 19.4 Å². The van der Waals surface area contributed by atoms with Crippen LogP contribution in [0.2, 0.25) is 0 Å². The van der Waals surface area contributed by atoms with Crippen LogP contribution < -0.4 is 14.5 Å². The molecule has 0 saturated carbocycles. The van der Waals surface area contributed by atoms with Gasteiger partial charge in [-0.05, 0) is 80.6 Å². The second-order valence-electron chi connectivity index (χ2n) is 15.1. The quantitative estimate of drug-likeness (QED) is 0.0660. The molecule has 0 fully saturated rings. The number of aryl methyl sites for hydroxylation is 2. The summed E-state index contributed by atoms with van der Waals surface area (Å²) in [6.45, 7) is 9.97. The van der Waals surface area contributed by atoms with Crippen molar-refractivity contribution in [1.29, 1.82) is 0 Å². The Morgan fingerprint density at radius 3 is 1.62 bits per heavy atom. The molecule has 0 aliphatic rings. The van der Waals surface area contributed by atoms with Crippen molar-refractivity contribution >= 4 is 43.6 Å². The Hall–Kier alpha value is -6.02. The van der Waals surface area contributed by atoms with E-state index in [1.807, 2.05) is 92.7 Å². The number of nitrogens with zero attached hydrogens (tertiary/aromatic N) is 5. The number of H-pyrrole nitrogens is 1. The molecule has 0 bridgehead atoms. The molecule has 0 saturated heterocycles. The fourth-order valence-electron chi connectivity index (χ4n) is 7.22. The first-order valence-corrected chi connectivity index (χ1v) is 21.4. The van der Waals surface area contributed by atoms with Crippen LogP contribution in [0.5, 0.6) is 11.5 Å². The zero-order valence-electron chi connectivity index (χ0n) is 35.6. The number of nitrogens with one attached hydrogen (secondary N) is 1. The number of hydrogen-bond donors (Lipinski definition) is 1. The van der Waals surface area contributed by atoms with E-state index in [4.69, 9.17) is 19.4 Å². The third-order valence-electron chi connectivity index (χ3n) is 10.3. The molecular formula is C52H55CuN6O2. The minimum absolute atomic E-state index is 0. The van der Waals surface area contributed by atoms with Gasteiger partial charge in [-0.1, -0.05) is 113 Å². The molecule has 0 aliphatic heterocycles. The van der Waals surface area contributed by atoms with Crippen LogP contribution in [0.3, 0.4) is 0 Å². The van der Waals surface area contributed by atoms with Gasteiger partial charge in [-0.2, -0.15) is 0 Å². The molecule has 0 amide bonds. The number of pyridine rings is 4. The van der Waals surface area contributed by atoms with E-state index in [2.05, 4.69) is 76.2 Å². The average molecular weight is 860 g/mol. The van der Waals surface area contributed by atoms with Crippen molar-refractivity contribution < 1.29 is 26.5 Å². The SMILES string of the molecule is CCCCCCOc1cc(C)nc2c1ccc1c(OCCCCCC)cc(C)nc12.[Cu+].c1ccc(-c2cc3ccccc3[n-]2)nc1.c1ccc(-c2cc3ccccc3[nH]2)nc1. The summed E-state index contributed by atoms with van der Waals surface area (Å²) in [6, 6.07) is 40.6. The molecule has 9 aromatic rings. The second kappa shape index (κ2) is 22.5. The standard InChI is InChI=1S/C26H36N2O2.C13H10N2.C13H9N2.Cu/c1-5-7-9-11-15-29-23-17-19(3)27-25-21(23)13-14-22-24(18-20(4)28-26(22)25)30-16-12-10-8-6-2;2*1-2-6-11-10(5-1)9-13(15-11)12-7-3-4-8-14-12;/h13-14,17-18H,5-12,15-16H2,1-4H3;1-9,15H;1-9H;/q;;-1;+1. The molecule has 9 heteroatoms. The van der Waals surface area contributed by atoms with Crippen molar-refractivity contribution in [2.24, 2.45) is 0 Å². The van der Waals surface area contributed by atoms with Crippen LogP contribution in [-0.2, 0) is 17.1 Å². The first-order valence-electron chi connectivity index (χ1n) is 21.4. The van der Waals surface area contributed by atoms with Crippen molar-refractivity contribution in [2.45, 2.75) is 79.1 Å². The summed E-state index contributed by atoms with van der Waals surface area (Å²) in [6.07, 6.45) is 13.2. The van der Waals surface area contributed by atoms with Gasteiger partial charge in [0.2, 0.25) is 0 Å². The van der Waals surface area contributed by atoms with E-state index < -0.39 is 0 Å². The third-order valence-corrected chi connectivity index (χ3v) is 10.3. The Labute approximate surface area is 370 Å². The van der Waals surface area contributed by atoms with E-state index in [1.165, 1.54) is 43.9 Å². The molecule has 3 aromatic carbocycles. The first kappa shape index (κ1) is 44.5. The van der Waals surface area contributed by atoms with Crippen molar-refractivity contribution in [1.82, 2.24) is 29.9 Å². The number of aromatic nitrogens is 6. The van der Waals surface area contributed by atoms with Crippen LogP contribution in [0.1, 0.15) is 76.6 Å². The Morgan fingerprint density at radius 2 is 1.08 bits per heavy atom. The molecule has 6 aromatic heterocycles. The van der Waals surface area contributed by atoms with Crippen LogP contribution in [-0.4, -0.2) is 38.1 Å². The molecule has 0 spiro atoms. The second-order valence-corrected chi connectivity index (χ2v) is 15.1. The van der Waals surface area contributed by atoms with E-state index in [0.717, 1.165) is 110 Å². The maximum absolute atomic E-state index is 6.16. The minimum Gasteiger partial charge on any atom is -0.656 e. The van der Waals surface area contributed by atoms with Crippen molar-refractivity contribution in [3.8, 4) is 34.3 Å². The maximum Gasteiger partial charge on any atom is 1.00 e. The Morgan fingerprint density at radius 1 is 0.541 bits per heavy atom. The molecule has 0 unspecified atom stereocenters. The largest absolute Gasteiger partial charge is 1.00 e. The fourth-order valence-corrected chi connectivity index (χ4v) is 7.22. The average Bonchev–Trinajstić information content (AvgIpc) is 3.93. The first-order chi connectivity index (χ1) is 29.5. The number of rotatable bonds is 14. The van der Waals surface area contributed by atoms with Crippen molar-refractivity contribution in [3.05, 3.63) is 145 Å². The molecular weight excluding hydrogens is 804 g/mol. The fraction of sp³-hybridized carbons (Fsp3) is 0.269. The van der Waals surface area contributed by atoms with E-state index in [9.17, 15) is 0 Å². The summed E-state index contributed by atoms with van der Waals surface area (Å²) in [5.41, 5.74) is 9.78. The Kier molecular flexibility index (Phi) is 16.5. The molecule has 316 valence electrons. The monoisotopic (exact) mass is 858 g/mol. The predicted octanol–water partition coefficient (Wildman–Crippen LogP) is 13.4. The van der Waals surface area contributed by atoms with E-state index in [-0.39, 0.29) is 17.1 Å². The maximum atomic E-state index is 6.16. The summed E-state index contributed by atoms with van der Waals surface area (Å²) < 4.78 is 12.3. The van der Waals surface area contributed by atoms with Gasteiger partial charge in [-0.25, -0.2) is 0 Å². The van der Waals surface area contributed by atoms with Crippen molar-refractivity contribution in [3.63, 3.8) is 0 Å². The smallest absolute Gasteiger partial charge is 0.656 e. The Balaban J connectivity index is 0.000000167. The van der Waals surface area contributed by atoms with Gasteiger partial charge in [0.05, 0.1) is 24.6 Å².